The Morgan fingerprint density at radius 1 is 1.05 bits per heavy atom. The molecule has 1 aliphatic rings. The summed E-state index contributed by atoms with van der Waals surface area (Å²) in [6.07, 6.45) is 3.85. The molecule has 0 aliphatic carbocycles. The molecule has 0 aromatic heterocycles. The van der Waals surface area contributed by atoms with Gasteiger partial charge in [0.1, 0.15) is 5.75 Å². The second kappa shape index (κ2) is 5.50. The number of fused-ring (bicyclic) bond motifs is 1. The van der Waals surface area contributed by atoms with Crippen LogP contribution in [0.1, 0.15) is 12.5 Å². The third-order valence-electron chi connectivity index (χ3n) is 3.71. The second-order valence-corrected chi connectivity index (χ2v) is 6.95. The van der Waals surface area contributed by atoms with E-state index in [9.17, 15) is 8.42 Å². The van der Waals surface area contributed by atoms with Crippen molar-refractivity contribution in [3.8, 4) is 5.75 Å². The van der Waals surface area contributed by atoms with Crippen LogP contribution in [-0.2, 0) is 10.0 Å². The third kappa shape index (κ3) is 2.37. The average molecular weight is 315 g/mol. The minimum atomic E-state index is -3.62. The van der Waals surface area contributed by atoms with Crippen molar-refractivity contribution in [3.05, 3.63) is 60.2 Å². The van der Waals surface area contributed by atoms with Crippen LogP contribution < -0.4 is 9.04 Å². The molecular weight excluding hydrogens is 298 g/mol. The Morgan fingerprint density at radius 2 is 1.73 bits per heavy atom. The minimum Gasteiger partial charge on any atom is -0.497 e. The summed E-state index contributed by atoms with van der Waals surface area (Å²) in [5.74, 6) is 0.630. The van der Waals surface area contributed by atoms with Gasteiger partial charge in [-0.1, -0.05) is 30.4 Å². The molecule has 1 aliphatic heterocycles. The van der Waals surface area contributed by atoms with Crippen LogP contribution in [0.25, 0.3) is 6.08 Å². The van der Waals surface area contributed by atoms with E-state index in [0.717, 1.165) is 5.56 Å². The van der Waals surface area contributed by atoms with Crippen molar-refractivity contribution in [2.75, 3.05) is 11.4 Å². The molecule has 0 saturated heterocycles. The molecule has 0 bridgehead atoms. The van der Waals surface area contributed by atoms with Crippen LogP contribution in [-0.4, -0.2) is 21.6 Å². The Labute approximate surface area is 130 Å². The molecule has 0 amide bonds. The maximum atomic E-state index is 13.0. The van der Waals surface area contributed by atoms with Gasteiger partial charge in [0.05, 0.1) is 23.7 Å². The van der Waals surface area contributed by atoms with Gasteiger partial charge in [-0.15, -0.1) is 0 Å². The molecule has 1 heterocycles. The van der Waals surface area contributed by atoms with Crippen LogP contribution >= 0.6 is 0 Å². The minimum absolute atomic E-state index is 0.234. The predicted molar refractivity (Wildman–Crippen MR) is 87.6 cm³/mol. The maximum absolute atomic E-state index is 13.0. The lowest BCUT2D eigenvalue weighted by atomic mass is 10.1. The van der Waals surface area contributed by atoms with E-state index in [1.807, 2.05) is 43.3 Å². The summed E-state index contributed by atoms with van der Waals surface area (Å²) in [6.45, 7) is 1.87. The number of para-hydroxylation sites is 1. The van der Waals surface area contributed by atoms with E-state index >= 15 is 0 Å². The normalized spacial score (nSPS) is 17.2. The maximum Gasteiger partial charge on any atom is 0.264 e. The monoisotopic (exact) mass is 315 g/mol. The SMILES string of the molecule is COc1ccc(S(=O)(=O)N2c3ccccc3C=C[C@H]2C)cc1. The van der Waals surface area contributed by atoms with Crippen molar-refractivity contribution in [1.82, 2.24) is 0 Å². The molecule has 2 aromatic carbocycles. The zero-order chi connectivity index (χ0) is 15.7. The fourth-order valence-electron chi connectivity index (χ4n) is 2.58. The summed E-state index contributed by atoms with van der Waals surface area (Å²) in [5, 5.41) is 0. The Kier molecular flexibility index (Phi) is 3.66. The first-order valence-electron chi connectivity index (χ1n) is 7.00. The molecule has 0 radical (unpaired) electrons. The lowest BCUT2D eigenvalue weighted by Crippen LogP contribution is -2.39. The summed E-state index contributed by atoms with van der Waals surface area (Å²) in [6, 6.07) is 13.7. The molecule has 1 atom stereocenters. The van der Waals surface area contributed by atoms with Crippen molar-refractivity contribution in [2.45, 2.75) is 17.9 Å². The summed E-state index contributed by atoms with van der Waals surface area (Å²) < 4.78 is 32.6. The zero-order valence-electron chi connectivity index (χ0n) is 12.4. The lowest BCUT2D eigenvalue weighted by Gasteiger charge is -2.32. The highest BCUT2D eigenvalue weighted by Crippen LogP contribution is 2.34. The van der Waals surface area contributed by atoms with E-state index in [2.05, 4.69) is 0 Å². The van der Waals surface area contributed by atoms with Crippen molar-refractivity contribution in [1.29, 1.82) is 0 Å². The molecule has 0 spiro atoms. The van der Waals surface area contributed by atoms with E-state index in [0.29, 0.717) is 11.4 Å². The van der Waals surface area contributed by atoms with Crippen LogP contribution in [0.15, 0.2) is 59.5 Å². The van der Waals surface area contributed by atoms with Crippen LogP contribution in [0, 0.1) is 0 Å². The van der Waals surface area contributed by atoms with E-state index in [4.69, 9.17) is 4.74 Å². The highest BCUT2D eigenvalue weighted by atomic mass is 32.2. The fourth-order valence-corrected chi connectivity index (χ4v) is 4.22. The van der Waals surface area contributed by atoms with Gasteiger partial charge in [-0.2, -0.15) is 0 Å². The van der Waals surface area contributed by atoms with Gasteiger partial charge in [0.15, 0.2) is 0 Å². The molecule has 0 N–H and O–H groups in total. The Bertz CT molecular complexity index is 810. The Hall–Kier alpha value is -2.27. The van der Waals surface area contributed by atoms with E-state index in [1.165, 1.54) is 4.31 Å². The highest BCUT2D eigenvalue weighted by Gasteiger charge is 2.31. The topological polar surface area (TPSA) is 46.6 Å². The molecule has 0 fully saturated rings. The number of hydrogen-bond acceptors (Lipinski definition) is 3. The standard InChI is InChI=1S/C17H17NO3S/c1-13-7-8-14-5-3-4-6-17(14)18(13)22(19,20)16-11-9-15(21-2)10-12-16/h3-13H,1-2H3/t13-/m1/s1. The first-order valence-corrected chi connectivity index (χ1v) is 8.44. The summed E-state index contributed by atoms with van der Waals surface area (Å²) in [5.41, 5.74) is 1.60. The van der Waals surface area contributed by atoms with Gasteiger partial charge in [-0.05, 0) is 42.8 Å². The van der Waals surface area contributed by atoms with Crippen LogP contribution in [0.5, 0.6) is 5.75 Å². The fraction of sp³-hybridized carbons (Fsp3) is 0.176. The molecule has 0 unspecified atom stereocenters. The van der Waals surface area contributed by atoms with Crippen molar-refractivity contribution >= 4 is 21.8 Å². The smallest absolute Gasteiger partial charge is 0.264 e. The number of ether oxygens (including phenoxy) is 1. The number of nitrogens with zero attached hydrogens (tertiary/aromatic N) is 1. The highest BCUT2D eigenvalue weighted by molar-refractivity contribution is 7.92. The number of rotatable bonds is 3. The molecule has 114 valence electrons. The number of anilines is 1. The molecule has 3 rings (SSSR count). The van der Waals surface area contributed by atoms with Crippen molar-refractivity contribution in [3.63, 3.8) is 0 Å². The third-order valence-corrected chi connectivity index (χ3v) is 5.63. The number of methoxy groups -OCH3 is 1. The number of benzene rings is 2. The lowest BCUT2D eigenvalue weighted by molar-refractivity contribution is 0.414. The van der Waals surface area contributed by atoms with Gasteiger partial charge in [-0.3, -0.25) is 4.31 Å². The predicted octanol–water partition coefficient (Wildman–Crippen LogP) is 3.31. The zero-order valence-corrected chi connectivity index (χ0v) is 13.2. The Morgan fingerprint density at radius 3 is 2.41 bits per heavy atom. The number of hydrogen-bond donors (Lipinski definition) is 0. The van der Waals surface area contributed by atoms with Gasteiger partial charge >= 0.3 is 0 Å². The molecular formula is C17H17NO3S. The first kappa shape index (κ1) is 14.7. The van der Waals surface area contributed by atoms with E-state index < -0.39 is 10.0 Å². The van der Waals surface area contributed by atoms with Gasteiger partial charge in [0.25, 0.3) is 10.0 Å². The molecule has 0 saturated carbocycles. The van der Waals surface area contributed by atoms with Crippen molar-refractivity contribution in [2.24, 2.45) is 0 Å². The second-order valence-electron chi connectivity index (χ2n) is 5.13. The average Bonchev–Trinajstić information content (AvgIpc) is 2.54. The molecule has 2 aromatic rings. The Balaban J connectivity index is 2.09. The molecule has 5 heteroatoms. The van der Waals surface area contributed by atoms with Gasteiger partial charge in [0.2, 0.25) is 0 Å². The summed E-state index contributed by atoms with van der Waals surface area (Å²) in [7, 11) is -2.07. The van der Waals surface area contributed by atoms with Crippen LogP contribution in [0.4, 0.5) is 5.69 Å². The molecule has 4 nitrogen and oxygen atoms in total. The van der Waals surface area contributed by atoms with E-state index in [1.54, 1.807) is 31.4 Å². The number of sulfonamides is 1. The largest absolute Gasteiger partial charge is 0.497 e. The van der Waals surface area contributed by atoms with Crippen LogP contribution in [0.3, 0.4) is 0 Å². The summed E-state index contributed by atoms with van der Waals surface area (Å²) in [4.78, 5) is 0.255. The van der Waals surface area contributed by atoms with Gasteiger partial charge in [-0.25, -0.2) is 8.42 Å². The molecule has 22 heavy (non-hydrogen) atoms. The van der Waals surface area contributed by atoms with Crippen molar-refractivity contribution < 1.29 is 13.2 Å². The first-order chi connectivity index (χ1) is 10.5. The van der Waals surface area contributed by atoms with E-state index in [-0.39, 0.29) is 10.9 Å². The van der Waals surface area contributed by atoms with Gasteiger partial charge in [0, 0.05) is 0 Å². The van der Waals surface area contributed by atoms with Crippen LogP contribution in [0.2, 0.25) is 0 Å². The quantitative estimate of drug-likeness (QED) is 0.873. The van der Waals surface area contributed by atoms with Gasteiger partial charge < -0.3 is 4.74 Å². The summed E-state index contributed by atoms with van der Waals surface area (Å²) >= 11 is 0.